The van der Waals surface area contributed by atoms with E-state index >= 15 is 0 Å². The Balaban J connectivity index is 1.81. The number of rotatable bonds is 6. The molecule has 7 heteroatoms. The Bertz CT molecular complexity index is 637. The molecule has 2 rings (SSSR count). The lowest BCUT2D eigenvalue weighted by atomic mass is 10.2. The number of nitrogens with one attached hydrogen (secondary N) is 1. The second-order valence-electron chi connectivity index (χ2n) is 4.40. The minimum Gasteiger partial charge on any atom is -0.477 e. The number of benzene rings is 1. The minimum atomic E-state index is -1.08. The van der Waals surface area contributed by atoms with Crippen molar-refractivity contribution in [2.24, 2.45) is 0 Å². The molecule has 2 aromatic rings. The molecule has 0 atom stereocenters. The van der Waals surface area contributed by atoms with E-state index in [1.165, 1.54) is 29.1 Å². The van der Waals surface area contributed by atoms with Gasteiger partial charge >= 0.3 is 5.97 Å². The Morgan fingerprint density at radius 2 is 1.95 bits per heavy atom. The van der Waals surface area contributed by atoms with Crippen LogP contribution in [0.2, 0.25) is 0 Å². The van der Waals surface area contributed by atoms with Gasteiger partial charge in [0.05, 0.1) is 6.54 Å². The summed E-state index contributed by atoms with van der Waals surface area (Å²) in [7, 11) is 0. The number of hydrogen-bond donors (Lipinski definition) is 2. The van der Waals surface area contributed by atoms with E-state index < -0.39 is 5.97 Å². The number of amides is 1. The van der Waals surface area contributed by atoms with E-state index in [0.29, 0.717) is 6.54 Å². The Labute approximate surface area is 120 Å². The average Bonchev–Trinajstić information content (AvgIpc) is 2.93. The molecule has 1 amide bonds. The third-order valence-corrected chi connectivity index (χ3v) is 2.89. The smallest absolute Gasteiger partial charge is 0.354 e. The molecule has 1 aromatic carbocycles. The second-order valence-corrected chi connectivity index (χ2v) is 4.40. The SMILES string of the molecule is O=C(CCn1nccc1C(=O)O)NCc1ccc(F)cc1. The van der Waals surface area contributed by atoms with Crippen molar-refractivity contribution >= 4 is 11.9 Å². The Morgan fingerprint density at radius 3 is 2.62 bits per heavy atom. The fourth-order valence-corrected chi connectivity index (χ4v) is 1.79. The number of carbonyl (C=O) groups is 2. The molecule has 0 aliphatic rings. The maximum atomic E-state index is 12.7. The van der Waals surface area contributed by atoms with Crippen molar-refractivity contribution in [1.29, 1.82) is 0 Å². The zero-order valence-corrected chi connectivity index (χ0v) is 11.1. The summed E-state index contributed by atoms with van der Waals surface area (Å²) in [6.07, 6.45) is 1.49. The van der Waals surface area contributed by atoms with Crippen molar-refractivity contribution in [1.82, 2.24) is 15.1 Å². The van der Waals surface area contributed by atoms with Gasteiger partial charge in [-0.3, -0.25) is 9.48 Å². The number of carboxylic acids is 1. The number of aromatic nitrogens is 2. The molecule has 0 aliphatic carbocycles. The van der Waals surface area contributed by atoms with E-state index in [4.69, 9.17) is 5.11 Å². The monoisotopic (exact) mass is 291 g/mol. The van der Waals surface area contributed by atoms with E-state index in [0.717, 1.165) is 5.56 Å². The van der Waals surface area contributed by atoms with Gasteiger partial charge in [-0.05, 0) is 23.8 Å². The summed E-state index contributed by atoms with van der Waals surface area (Å²) in [5.74, 6) is -1.64. The summed E-state index contributed by atoms with van der Waals surface area (Å²) in [6.45, 7) is 0.480. The predicted molar refractivity (Wildman–Crippen MR) is 72.1 cm³/mol. The molecule has 0 saturated heterocycles. The zero-order chi connectivity index (χ0) is 15.2. The number of nitrogens with zero attached hydrogens (tertiary/aromatic N) is 2. The van der Waals surface area contributed by atoms with Gasteiger partial charge < -0.3 is 10.4 Å². The maximum Gasteiger partial charge on any atom is 0.354 e. The number of halogens is 1. The van der Waals surface area contributed by atoms with Crippen LogP contribution in [0.4, 0.5) is 4.39 Å². The zero-order valence-electron chi connectivity index (χ0n) is 11.1. The van der Waals surface area contributed by atoms with E-state index in [1.54, 1.807) is 12.1 Å². The molecule has 0 aliphatic heterocycles. The molecule has 6 nitrogen and oxygen atoms in total. The van der Waals surface area contributed by atoms with Crippen molar-refractivity contribution in [3.8, 4) is 0 Å². The summed E-state index contributed by atoms with van der Waals surface area (Å²) >= 11 is 0. The topological polar surface area (TPSA) is 84.2 Å². The van der Waals surface area contributed by atoms with Crippen LogP contribution in [-0.4, -0.2) is 26.8 Å². The van der Waals surface area contributed by atoms with Crippen LogP contribution in [0.5, 0.6) is 0 Å². The molecule has 0 saturated carbocycles. The number of carboxylic acid groups (broad SMARTS) is 1. The Kier molecular flexibility index (Phi) is 4.65. The first-order valence-electron chi connectivity index (χ1n) is 6.32. The highest BCUT2D eigenvalue weighted by molar-refractivity contribution is 5.85. The third kappa shape index (κ3) is 4.13. The number of aromatic carboxylic acids is 1. The van der Waals surface area contributed by atoms with Crippen LogP contribution in [0.1, 0.15) is 22.5 Å². The molecule has 0 unspecified atom stereocenters. The fourth-order valence-electron chi connectivity index (χ4n) is 1.79. The fraction of sp³-hybridized carbons (Fsp3) is 0.214. The highest BCUT2D eigenvalue weighted by atomic mass is 19.1. The molecule has 2 N–H and O–H groups in total. The quantitative estimate of drug-likeness (QED) is 0.843. The van der Waals surface area contributed by atoms with Gasteiger partial charge in [-0.2, -0.15) is 5.10 Å². The molecular weight excluding hydrogens is 277 g/mol. The van der Waals surface area contributed by atoms with E-state index in [1.807, 2.05) is 0 Å². The summed E-state index contributed by atoms with van der Waals surface area (Å²) in [6, 6.07) is 7.20. The lowest BCUT2D eigenvalue weighted by molar-refractivity contribution is -0.121. The first-order chi connectivity index (χ1) is 10.1. The molecule has 0 radical (unpaired) electrons. The van der Waals surface area contributed by atoms with Crippen LogP contribution in [0.3, 0.4) is 0 Å². The van der Waals surface area contributed by atoms with Gasteiger partial charge in [0.15, 0.2) is 0 Å². The number of aryl methyl sites for hydroxylation is 1. The normalized spacial score (nSPS) is 10.3. The second kappa shape index (κ2) is 6.65. The summed E-state index contributed by atoms with van der Waals surface area (Å²) in [5, 5.41) is 15.4. The predicted octanol–water partition coefficient (Wildman–Crippen LogP) is 1.43. The largest absolute Gasteiger partial charge is 0.477 e. The summed E-state index contributed by atoms with van der Waals surface area (Å²) < 4.78 is 14.0. The van der Waals surface area contributed by atoms with Gasteiger partial charge in [-0.1, -0.05) is 12.1 Å². The van der Waals surface area contributed by atoms with Gasteiger partial charge in [0, 0.05) is 19.2 Å². The van der Waals surface area contributed by atoms with Crippen molar-refractivity contribution < 1.29 is 19.1 Å². The lowest BCUT2D eigenvalue weighted by Gasteiger charge is -2.07. The Hall–Kier alpha value is -2.70. The molecule has 0 fully saturated rings. The lowest BCUT2D eigenvalue weighted by Crippen LogP contribution is -2.24. The van der Waals surface area contributed by atoms with E-state index in [2.05, 4.69) is 10.4 Å². The van der Waals surface area contributed by atoms with Crippen LogP contribution in [0.15, 0.2) is 36.5 Å². The minimum absolute atomic E-state index is 0.0429. The van der Waals surface area contributed by atoms with E-state index in [-0.39, 0.29) is 30.4 Å². The van der Waals surface area contributed by atoms with Crippen molar-refractivity contribution in [3.05, 3.63) is 53.6 Å². The molecule has 0 spiro atoms. The first kappa shape index (κ1) is 14.7. The van der Waals surface area contributed by atoms with Crippen LogP contribution in [-0.2, 0) is 17.9 Å². The van der Waals surface area contributed by atoms with Crippen LogP contribution in [0.25, 0.3) is 0 Å². The number of carbonyl (C=O) groups excluding carboxylic acids is 1. The molecule has 0 bridgehead atoms. The third-order valence-electron chi connectivity index (χ3n) is 2.89. The van der Waals surface area contributed by atoms with Crippen molar-refractivity contribution in [3.63, 3.8) is 0 Å². The molecular formula is C14H14FN3O3. The summed E-state index contributed by atoms with van der Waals surface area (Å²) in [5.41, 5.74) is 0.830. The van der Waals surface area contributed by atoms with Gasteiger partial charge in [-0.15, -0.1) is 0 Å². The molecule has 1 heterocycles. The molecule has 1 aromatic heterocycles. The van der Waals surface area contributed by atoms with Crippen molar-refractivity contribution in [2.75, 3.05) is 0 Å². The Morgan fingerprint density at radius 1 is 1.24 bits per heavy atom. The highest BCUT2D eigenvalue weighted by Crippen LogP contribution is 2.03. The van der Waals surface area contributed by atoms with Crippen molar-refractivity contribution in [2.45, 2.75) is 19.5 Å². The molecule has 110 valence electrons. The maximum absolute atomic E-state index is 12.7. The standard InChI is InChI=1S/C14H14FN3O3/c15-11-3-1-10(2-4-11)9-16-13(19)6-8-18-12(14(20)21)5-7-17-18/h1-5,7H,6,8-9H2,(H,16,19)(H,20,21). The number of hydrogen-bond acceptors (Lipinski definition) is 3. The van der Waals surface area contributed by atoms with E-state index in [9.17, 15) is 14.0 Å². The van der Waals surface area contributed by atoms with Gasteiger partial charge in [-0.25, -0.2) is 9.18 Å². The van der Waals surface area contributed by atoms with Gasteiger partial charge in [0.25, 0.3) is 0 Å². The average molecular weight is 291 g/mol. The van der Waals surface area contributed by atoms with Crippen LogP contribution < -0.4 is 5.32 Å². The first-order valence-corrected chi connectivity index (χ1v) is 6.32. The molecule has 21 heavy (non-hydrogen) atoms. The summed E-state index contributed by atoms with van der Waals surface area (Å²) in [4.78, 5) is 22.6. The van der Waals surface area contributed by atoms with Gasteiger partial charge in [0.1, 0.15) is 11.5 Å². The van der Waals surface area contributed by atoms with Crippen LogP contribution >= 0.6 is 0 Å². The van der Waals surface area contributed by atoms with Crippen LogP contribution in [0, 0.1) is 5.82 Å². The highest BCUT2D eigenvalue weighted by Gasteiger charge is 2.11. The van der Waals surface area contributed by atoms with Gasteiger partial charge in [0.2, 0.25) is 5.91 Å².